The number of hydrogen-bond donors (Lipinski definition) is 2. The van der Waals surface area contributed by atoms with E-state index in [1.807, 2.05) is 43.5 Å². The van der Waals surface area contributed by atoms with Crippen LogP contribution in [0.4, 0.5) is 4.39 Å². The van der Waals surface area contributed by atoms with E-state index in [1.54, 1.807) is 35.8 Å². The van der Waals surface area contributed by atoms with Crippen molar-refractivity contribution in [1.29, 1.82) is 0 Å². The molecule has 9 heteroatoms. The molecular formula is C24H30FIN6O. The zero-order valence-corrected chi connectivity index (χ0v) is 21.4. The summed E-state index contributed by atoms with van der Waals surface area (Å²) in [7, 11) is 3.48. The topological polar surface area (TPSA) is 74.6 Å². The van der Waals surface area contributed by atoms with Crippen LogP contribution in [-0.4, -0.2) is 53.7 Å². The highest BCUT2D eigenvalue weighted by Gasteiger charge is 2.07. The molecular weight excluding hydrogens is 534 g/mol. The molecule has 1 amide bonds. The number of halogens is 2. The zero-order valence-electron chi connectivity index (χ0n) is 19.1. The summed E-state index contributed by atoms with van der Waals surface area (Å²) < 4.78 is 14.8. The number of aliphatic imine (C=N–C) groups is 1. The number of carbonyl (C=O) groups excluding carboxylic acids is 1. The second kappa shape index (κ2) is 12.9. The molecule has 0 aliphatic carbocycles. The van der Waals surface area contributed by atoms with E-state index in [2.05, 4.69) is 20.7 Å². The Labute approximate surface area is 211 Å². The van der Waals surface area contributed by atoms with Crippen LogP contribution in [0.3, 0.4) is 0 Å². The molecule has 0 radical (unpaired) electrons. The molecule has 0 aliphatic rings. The van der Waals surface area contributed by atoms with Gasteiger partial charge >= 0.3 is 0 Å². The van der Waals surface area contributed by atoms with Crippen molar-refractivity contribution in [2.75, 3.05) is 27.2 Å². The van der Waals surface area contributed by atoms with E-state index >= 15 is 0 Å². The van der Waals surface area contributed by atoms with Gasteiger partial charge in [0, 0.05) is 45.4 Å². The average Bonchev–Trinajstić information content (AvgIpc) is 3.26. The molecule has 1 aromatic heterocycles. The lowest BCUT2D eigenvalue weighted by atomic mass is 10.1. The van der Waals surface area contributed by atoms with Gasteiger partial charge in [0.1, 0.15) is 5.82 Å². The van der Waals surface area contributed by atoms with Crippen molar-refractivity contribution in [1.82, 2.24) is 25.3 Å². The Bertz CT molecular complexity index is 1050. The molecule has 7 nitrogen and oxygen atoms in total. The summed E-state index contributed by atoms with van der Waals surface area (Å²) in [6.07, 6.45) is 2.59. The molecule has 0 saturated heterocycles. The van der Waals surface area contributed by atoms with Crippen LogP contribution < -0.4 is 10.6 Å². The van der Waals surface area contributed by atoms with Gasteiger partial charge in [-0.3, -0.25) is 4.79 Å². The second-order valence-electron chi connectivity index (χ2n) is 7.50. The van der Waals surface area contributed by atoms with Crippen LogP contribution in [0.25, 0.3) is 5.69 Å². The number of benzene rings is 2. The number of rotatable bonds is 8. The van der Waals surface area contributed by atoms with Crippen LogP contribution in [0.2, 0.25) is 0 Å². The SMILES string of the molecule is CCNC(=NCc1ccc(C(=O)N(C)C)cc1)NCCc1ccn(-c2ccc(F)cc2)n1.I. The monoisotopic (exact) mass is 564 g/mol. The summed E-state index contributed by atoms with van der Waals surface area (Å²) in [6.45, 7) is 3.94. The quantitative estimate of drug-likeness (QED) is 0.249. The number of carbonyl (C=O) groups is 1. The van der Waals surface area contributed by atoms with Gasteiger partial charge in [-0.2, -0.15) is 5.10 Å². The highest BCUT2D eigenvalue weighted by atomic mass is 127. The van der Waals surface area contributed by atoms with E-state index < -0.39 is 0 Å². The molecule has 0 spiro atoms. The van der Waals surface area contributed by atoms with E-state index in [0.29, 0.717) is 18.7 Å². The van der Waals surface area contributed by atoms with Gasteiger partial charge in [0.25, 0.3) is 5.91 Å². The van der Waals surface area contributed by atoms with Crippen molar-refractivity contribution in [2.45, 2.75) is 19.9 Å². The van der Waals surface area contributed by atoms with Crippen LogP contribution in [-0.2, 0) is 13.0 Å². The molecule has 0 bridgehead atoms. The average molecular weight is 564 g/mol. The lowest BCUT2D eigenvalue weighted by molar-refractivity contribution is 0.0827. The van der Waals surface area contributed by atoms with E-state index in [0.717, 1.165) is 35.9 Å². The highest BCUT2D eigenvalue weighted by molar-refractivity contribution is 14.0. The molecule has 2 aromatic carbocycles. The van der Waals surface area contributed by atoms with Crippen molar-refractivity contribution < 1.29 is 9.18 Å². The molecule has 33 heavy (non-hydrogen) atoms. The normalized spacial score (nSPS) is 11.0. The maximum atomic E-state index is 13.1. The minimum absolute atomic E-state index is 0. The number of nitrogens with one attached hydrogen (secondary N) is 2. The summed E-state index contributed by atoms with van der Waals surface area (Å²) in [4.78, 5) is 18.2. The standard InChI is InChI=1S/C24H29FN6O.HI/c1-4-26-24(28-17-18-5-7-19(8-6-18)23(32)30(2)3)27-15-13-21-14-16-31(29-21)22-11-9-20(25)10-12-22;/h5-12,14,16H,4,13,15,17H2,1-3H3,(H2,26,27,28);1H. The van der Waals surface area contributed by atoms with E-state index in [1.165, 1.54) is 12.1 Å². The van der Waals surface area contributed by atoms with Gasteiger partial charge in [-0.15, -0.1) is 24.0 Å². The Morgan fingerprint density at radius 3 is 2.39 bits per heavy atom. The molecule has 176 valence electrons. The van der Waals surface area contributed by atoms with Gasteiger partial charge in [0.05, 0.1) is 17.9 Å². The van der Waals surface area contributed by atoms with Crippen LogP contribution >= 0.6 is 24.0 Å². The smallest absolute Gasteiger partial charge is 0.253 e. The largest absolute Gasteiger partial charge is 0.357 e. The van der Waals surface area contributed by atoms with E-state index in [4.69, 9.17) is 0 Å². The number of guanidine groups is 1. The first kappa shape index (κ1) is 26.3. The first-order valence-electron chi connectivity index (χ1n) is 10.6. The lowest BCUT2D eigenvalue weighted by Crippen LogP contribution is -2.38. The van der Waals surface area contributed by atoms with Gasteiger partial charge in [-0.05, 0) is 55.0 Å². The van der Waals surface area contributed by atoms with Crippen molar-refractivity contribution in [2.24, 2.45) is 4.99 Å². The Kier molecular flexibility index (Phi) is 10.3. The van der Waals surface area contributed by atoms with Crippen molar-refractivity contribution >= 4 is 35.8 Å². The summed E-state index contributed by atoms with van der Waals surface area (Å²) in [6, 6.07) is 15.7. The predicted octanol–water partition coefficient (Wildman–Crippen LogP) is 3.63. The minimum atomic E-state index is -0.265. The van der Waals surface area contributed by atoms with Crippen molar-refractivity contribution in [3.63, 3.8) is 0 Å². The van der Waals surface area contributed by atoms with E-state index in [-0.39, 0.29) is 35.7 Å². The number of aromatic nitrogens is 2. The molecule has 1 heterocycles. The van der Waals surface area contributed by atoms with Crippen LogP contribution in [0.5, 0.6) is 0 Å². The summed E-state index contributed by atoms with van der Waals surface area (Å²) in [5, 5.41) is 11.1. The molecule has 2 N–H and O–H groups in total. The zero-order chi connectivity index (χ0) is 22.9. The molecule has 0 unspecified atom stereocenters. The van der Waals surface area contributed by atoms with Gasteiger partial charge in [0.2, 0.25) is 0 Å². The molecule has 3 rings (SSSR count). The molecule has 0 aliphatic heterocycles. The lowest BCUT2D eigenvalue weighted by Gasteiger charge is -2.12. The Morgan fingerprint density at radius 1 is 1.06 bits per heavy atom. The second-order valence-corrected chi connectivity index (χ2v) is 7.50. The number of amides is 1. The van der Waals surface area contributed by atoms with Crippen molar-refractivity contribution in [3.05, 3.63) is 83.4 Å². The van der Waals surface area contributed by atoms with Gasteiger partial charge in [-0.1, -0.05) is 12.1 Å². The molecule has 0 saturated carbocycles. The summed E-state index contributed by atoms with van der Waals surface area (Å²) >= 11 is 0. The maximum absolute atomic E-state index is 13.1. The van der Waals surface area contributed by atoms with Crippen LogP contribution in [0.15, 0.2) is 65.8 Å². The van der Waals surface area contributed by atoms with Crippen LogP contribution in [0.1, 0.15) is 28.5 Å². The first-order chi connectivity index (χ1) is 15.5. The fourth-order valence-electron chi connectivity index (χ4n) is 3.06. The highest BCUT2D eigenvalue weighted by Crippen LogP contribution is 2.09. The van der Waals surface area contributed by atoms with E-state index in [9.17, 15) is 9.18 Å². The van der Waals surface area contributed by atoms with Gasteiger partial charge < -0.3 is 15.5 Å². The summed E-state index contributed by atoms with van der Waals surface area (Å²) in [5.74, 6) is 0.439. The third kappa shape index (κ3) is 7.85. The van der Waals surface area contributed by atoms with Crippen molar-refractivity contribution in [3.8, 4) is 5.69 Å². The molecule has 0 fully saturated rings. The van der Waals surface area contributed by atoms with Gasteiger partial charge in [-0.25, -0.2) is 14.1 Å². The number of hydrogen-bond acceptors (Lipinski definition) is 3. The minimum Gasteiger partial charge on any atom is -0.357 e. The third-order valence-electron chi connectivity index (χ3n) is 4.78. The van der Waals surface area contributed by atoms with Crippen LogP contribution in [0, 0.1) is 5.82 Å². The first-order valence-corrected chi connectivity index (χ1v) is 10.6. The fraction of sp³-hybridized carbons (Fsp3) is 0.292. The summed E-state index contributed by atoms with van der Waals surface area (Å²) in [5.41, 5.74) is 3.43. The molecule has 0 atom stereocenters. The fourth-order valence-corrected chi connectivity index (χ4v) is 3.06. The third-order valence-corrected chi connectivity index (χ3v) is 4.78. The Morgan fingerprint density at radius 2 is 1.76 bits per heavy atom. The van der Waals surface area contributed by atoms with Gasteiger partial charge in [0.15, 0.2) is 5.96 Å². The Hall–Kier alpha value is -2.95. The number of nitrogens with zero attached hydrogens (tertiary/aromatic N) is 4. The Balaban J connectivity index is 0.00000385. The maximum Gasteiger partial charge on any atom is 0.253 e. The molecule has 3 aromatic rings. The predicted molar refractivity (Wildman–Crippen MR) is 140 cm³/mol.